The third-order valence-electron chi connectivity index (χ3n) is 5.55. The summed E-state index contributed by atoms with van der Waals surface area (Å²) in [5, 5.41) is 15.0. The summed E-state index contributed by atoms with van der Waals surface area (Å²) in [5.41, 5.74) is 2.44. The first-order valence-corrected chi connectivity index (χ1v) is 11.9. The van der Waals surface area contributed by atoms with Crippen LogP contribution in [0.4, 0.5) is 11.4 Å². The van der Waals surface area contributed by atoms with Crippen LogP contribution >= 0.6 is 11.8 Å². The number of hydrazine groups is 1. The van der Waals surface area contributed by atoms with E-state index in [1.54, 1.807) is 28.8 Å². The molecular weight excluding hydrogens is 466 g/mol. The highest BCUT2D eigenvalue weighted by Gasteiger charge is 2.40. The van der Waals surface area contributed by atoms with E-state index in [-0.39, 0.29) is 29.3 Å². The summed E-state index contributed by atoms with van der Waals surface area (Å²) in [6, 6.07) is 16.2. The molecule has 11 heteroatoms. The lowest BCUT2D eigenvalue weighted by Crippen LogP contribution is -2.38. The van der Waals surface area contributed by atoms with Gasteiger partial charge < -0.3 is 9.88 Å². The lowest BCUT2D eigenvalue weighted by molar-refractivity contribution is -0.116. The second-order valence-corrected chi connectivity index (χ2v) is 8.95. The number of para-hydroxylation sites is 1. The van der Waals surface area contributed by atoms with Crippen LogP contribution in [-0.4, -0.2) is 62.0 Å². The fraction of sp³-hybridized carbons (Fsp3) is 0.250. The van der Waals surface area contributed by atoms with Crippen molar-refractivity contribution in [3.05, 3.63) is 54.6 Å². The molecule has 1 fully saturated rings. The molecule has 1 aromatic heterocycles. The lowest BCUT2D eigenvalue weighted by atomic mass is 10.2. The standard InChI is InChI=1S/C24H25N7O3S/c1-15-21(23(34)31(30(15)4)19-8-6-5-7-9-19)26-20(33)14-35-24-28-27-22(29(24)3)17-10-12-18(13-11-17)25-16(2)32/h5-13,15H,14H2,1-4H3,(H,25,32). The van der Waals surface area contributed by atoms with E-state index in [9.17, 15) is 14.4 Å². The van der Waals surface area contributed by atoms with Gasteiger partial charge in [0.05, 0.1) is 17.5 Å². The lowest BCUT2D eigenvalue weighted by Gasteiger charge is -2.25. The van der Waals surface area contributed by atoms with Crippen LogP contribution in [0.25, 0.3) is 11.4 Å². The molecule has 10 nitrogen and oxygen atoms in total. The maximum atomic E-state index is 13.0. The van der Waals surface area contributed by atoms with Gasteiger partial charge in [0.25, 0.3) is 11.8 Å². The highest BCUT2D eigenvalue weighted by Crippen LogP contribution is 2.26. The summed E-state index contributed by atoms with van der Waals surface area (Å²) in [4.78, 5) is 40.9. The van der Waals surface area contributed by atoms with Crippen molar-refractivity contribution in [1.29, 1.82) is 0 Å². The smallest absolute Gasteiger partial charge is 0.289 e. The van der Waals surface area contributed by atoms with Crippen molar-refractivity contribution in [2.75, 3.05) is 23.1 Å². The van der Waals surface area contributed by atoms with Crippen LogP contribution in [0.5, 0.6) is 0 Å². The second-order valence-electron chi connectivity index (χ2n) is 8.01. The number of carbonyl (C=O) groups excluding carboxylic acids is 3. The van der Waals surface area contributed by atoms with Crippen molar-refractivity contribution >= 4 is 46.6 Å². The second kappa shape index (κ2) is 10.2. The number of hydrogen-bond acceptors (Lipinski definition) is 7. The monoisotopic (exact) mass is 491 g/mol. The van der Waals surface area contributed by atoms with Crippen molar-refractivity contribution in [3.8, 4) is 11.4 Å². The van der Waals surface area contributed by atoms with Gasteiger partial charge in [-0.3, -0.25) is 14.4 Å². The molecule has 180 valence electrons. The molecule has 2 aromatic carbocycles. The molecular formula is C24H25N7O3S. The average Bonchev–Trinajstić information content (AvgIpc) is 3.30. The summed E-state index contributed by atoms with van der Waals surface area (Å²) >= 11 is 1.20. The fourth-order valence-corrected chi connectivity index (χ4v) is 4.38. The molecule has 1 aliphatic heterocycles. The van der Waals surface area contributed by atoms with Gasteiger partial charge in [-0.2, -0.15) is 0 Å². The van der Waals surface area contributed by atoms with Crippen molar-refractivity contribution in [2.24, 2.45) is 12.0 Å². The molecule has 35 heavy (non-hydrogen) atoms. The predicted octanol–water partition coefficient (Wildman–Crippen LogP) is 2.78. The molecule has 0 bridgehead atoms. The Morgan fingerprint density at radius 1 is 1.06 bits per heavy atom. The third-order valence-corrected chi connectivity index (χ3v) is 6.56. The van der Waals surface area contributed by atoms with Gasteiger partial charge in [0.2, 0.25) is 5.91 Å². The van der Waals surface area contributed by atoms with Crippen LogP contribution in [0.1, 0.15) is 13.8 Å². The van der Waals surface area contributed by atoms with Gasteiger partial charge in [0.1, 0.15) is 5.71 Å². The SMILES string of the molecule is CC(=O)Nc1ccc(-c2nnc(SCC(=O)N=C3C(=O)N(c4ccccc4)N(C)C3C)n2C)cc1. The van der Waals surface area contributed by atoms with Crippen LogP contribution in [0.3, 0.4) is 0 Å². The molecule has 0 saturated carbocycles. The Balaban J connectivity index is 1.43. The van der Waals surface area contributed by atoms with Crippen LogP contribution < -0.4 is 10.3 Å². The maximum Gasteiger partial charge on any atom is 0.289 e. The quantitative estimate of drug-likeness (QED) is 0.528. The number of anilines is 2. The van der Waals surface area contributed by atoms with E-state index in [0.29, 0.717) is 16.7 Å². The van der Waals surface area contributed by atoms with Crippen molar-refractivity contribution in [2.45, 2.75) is 25.0 Å². The van der Waals surface area contributed by atoms with Crippen molar-refractivity contribution in [1.82, 2.24) is 19.8 Å². The number of amides is 3. The highest BCUT2D eigenvalue weighted by molar-refractivity contribution is 7.99. The minimum Gasteiger partial charge on any atom is -0.326 e. The van der Waals surface area contributed by atoms with E-state index < -0.39 is 5.91 Å². The molecule has 3 amide bonds. The number of carbonyl (C=O) groups is 3. The molecule has 1 N–H and O–H groups in total. The van der Waals surface area contributed by atoms with Crippen molar-refractivity contribution < 1.29 is 14.4 Å². The molecule has 3 aromatic rings. The number of nitrogens with one attached hydrogen (secondary N) is 1. The zero-order valence-corrected chi connectivity index (χ0v) is 20.6. The Labute approximate surface area is 207 Å². The first kappa shape index (κ1) is 24.3. The predicted molar refractivity (Wildman–Crippen MR) is 135 cm³/mol. The third kappa shape index (κ3) is 5.15. The number of aromatic nitrogens is 3. The summed E-state index contributed by atoms with van der Waals surface area (Å²) in [5.74, 6) is -0.228. The van der Waals surface area contributed by atoms with Gasteiger partial charge in [-0.15, -0.1) is 10.2 Å². The normalized spacial score (nSPS) is 17.3. The van der Waals surface area contributed by atoms with Crippen molar-refractivity contribution in [3.63, 3.8) is 0 Å². The number of nitrogens with zero attached hydrogens (tertiary/aromatic N) is 6. The fourth-order valence-electron chi connectivity index (χ4n) is 3.68. The van der Waals surface area contributed by atoms with E-state index in [4.69, 9.17) is 0 Å². The Kier molecular flexibility index (Phi) is 7.08. The first-order chi connectivity index (χ1) is 16.8. The topological polar surface area (TPSA) is 113 Å². The number of aliphatic imine (C=N–C) groups is 1. The van der Waals surface area contributed by atoms with Crippen LogP contribution in [0.2, 0.25) is 0 Å². The number of hydrogen-bond donors (Lipinski definition) is 1. The summed E-state index contributed by atoms with van der Waals surface area (Å²) in [7, 11) is 3.60. The number of benzene rings is 2. The molecule has 0 radical (unpaired) electrons. The van der Waals surface area contributed by atoms with E-state index in [1.165, 1.54) is 23.7 Å². The van der Waals surface area contributed by atoms with Gasteiger partial charge in [0, 0.05) is 32.3 Å². The molecule has 1 unspecified atom stereocenters. The van der Waals surface area contributed by atoms with Gasteiger partial charge >= 0.3 is 0 Å². The minimum absolute atomic E-state index is 0.0198. The van der Waals surface area contributed by atoms with E-state index in [1.807, 2.05) is 56.4 Å². The van der Waals surface area contributed by atoms with Gasteiger partial charge in [-0.25, -0.2) is 15.0 Å². The maximum absolute atomic E-state index is 13.0. The molecule has 1 atom stereocenters. The Morgan fingerprint density at radius 3 is 2.40 bits per heavy atom. The molecule has 4 rings (SSSR count). The Hall–Kier alpha value is -3.83. The van der Waals surface area contributed by atoms with Crippen LogP contribution in [-0.2, 0) is 21.4 Å². The molecule has 0 aliphatic carbocycles. The number of rotatable bonds is 6. The van der Waals surface area contributed by atoms with E-state index >= 15 is 0 Å². The highest BCUT2D eigenvalue weighted by atomic mass is 32.2. The van der Waals surface area contributed by atoms with Gasteiger partial charge in [-0.1, -0.05) is 30.0 Å². The Morgan fingerprint density at radius 2 is 1.74 bits per heavy atom. The molecule has 1 aliphatic rings. The number of thioether (sulfide) groups is 1. The van der Waals surface area contributed by atoms with E-state index in [0.717, 1.165) is 11.3 Å². The molecule has 1 saturated heterocycles. The van der Waals surface area contributed by atoms with Gasteiger partial charge in [0.15, 0.2) is 11.0 Å². The molecule has 0 spiro atoms. The van der Waals surface area contributed by atoms with Gasteiger partial charge in [-0.05, 0) is 43.3 Å². The zero-order valence-electron chi connectivity index (χ0n) is 19.8. The van der Waals surface area contributed by atoms with Crippen LogP contribution in [0.15, 0.2) is 64.7 Å². The average molecular weight is 492 g/mol. The Bertz CT molecular complexity index is 1290. The zero-order chi connectivity index (χ0) is 25.1. The minimum atomic E-state index is -0.419. The van der Waals surface area contributed by atoms with Crippen LogP contribution in [0, 0.1) is 0 Å². The largest absolute Gasteiger partial charge is 0.326 e. The van der Waals surface area contributed by atoms with E-state index in [2.05, 4.69) is 20.5 Å². The summed E-state index contributed by atoms with van der Waals surface area (Å²) in [6.07, 6.45) is 0. The first-order valence-electron chi connectivity index (χ1n) is 10.9. The summed E-state index contributed by atoms with van der Waals surface area (Å²) < 4.78 is 1.78. The summed E-state index contributed by atoms with van der Waals surface area (Å²) in [6.45, 7) is 3.29. The molecule has 2 heterocycles.